The molecule has 0 heterocycles. The van der Waals surface area contributed by atoms with E-state index in [0.717, 1.165) is 18.4 Å². The number of amides is 1. The van der Waals surface area contributed by atoms with Gasteiger partial charge >= 0.3 is 0 Å². The quantitative estimate of drug-likeness (QED) is 0.801. The number of benzene rings is 1. The van der Waals surface area contributed by atoms with Crippen LogP contribution < -0.4 is 5.32 Å². The maximum Gasteiger partial charge on any atom is 0.242 e. The van der Waals surface area contributed by atoms with Crippen molar-refractivity contribution in [2.45, 2.75) is 50.1 Å². The summed E-state index contributed by atoms with van der Waals surface area (Å²) in [6.07, 6.45) is 7.21. The van der Waals surface area contributed by atoms with Crippen molar-refractivity contribution >= 4 is 5.91 Å². The number of carbonyl (C=O) groups is 1. The van der Waals surface area contributed by atoms with Gasteiger partial charge in [-0.05, 0) is 58.7 Å². The van der Waals surface area contributed by atoms with Crippen LogP contribution in [0, 0.1) is 5.82 Å². The van der Waals surface area contributed by atoms with Crippen molar-refractivity contribution in [2.24, 2.45) is 0 Å². The van der Waals surface area contributed by atoms with Gasteiger partial charge in [-0.3, -0.25) is 9.69 Å². The molecule has 0 aromatic heterocycles. The highest BCUT2D eigenvalue weighted by molar-refractivity contribution is 5.83. The van der Waals surface area contributed by atoms with E-state index in [2.05, 4.69) is 24.3 Å². The lowest BCUT2D eigenvalue weighted by Crippen LogP contribution is -2.53. The van der Waals surface area contributed by atoms with E-state index in [-0.39, 0.29) is 17.3 Å². The Kier molecular flexibility index (Phi) is 6.96. The summed E-state index contributed by atoms with van der Waals surface area (Å²) in [5.74, 6) is -0.311. The van der Waals surface area contributed by atoms with Gasteiger partial charge in [0.1, 0.15) is 11.9 Å². The second-order valence-corrected chi connectivity index (χ2v) is 7.67. The van der Waals surface area contributed by atoms with Crippen LogP contribution in [0.25, 0.3) is 0 Å². The molecule has 0 bridgehead atoms. The van der Waals surface area contributed by atoms with Crippen LogP contribution in [0.15, 0.2) is 24.3 Å². The first-order valence-electron chi connectivity index (χ1n) is 9.23. The predicted molar refractivity (Wildman–Crippen MR) is 100.0 cm³/mol. The molecule has 1 aromatic rings. The molecule has 1 aliphatic carbocycles. The first kappa shape index (κ1) is 19.9. The Morgan fingerprint density at radius 1 is 1.08 bits per heavy atom. The summed E-state index contributed by atoms with van der Waals surface area (Å²) in [5, 5.41) is 3.18. The Hall–Kier alpha value is -1.46. The predicted octanol–water partition coefficient (Wildman–Crippen LogP) is 3.20. The summed E-state index contributed by atoms with van der Waals surface area (Å²) in [4.78, 5) is 17.1. The van der Waals surface area contributed by atoms with Gasteiger partial charge < -0.3 is 10.2 Å². The van der Waals surface area contributed by atoms with Crippen LogP contribution in [0.1, 0.15) is 50.1 Å². The highest BCUT2D eigenvalue weighted by atomic mass is 19.1. The minimum atomic E-state index is -0.411. The fourth-order valence-corrected chi connectivity index (χ4v) is 3.85. The van der Waals surface area contributed by atoms with E-state index in [1.54, 1.807) is 12.1 Å². The van der Waals surface area contributed by atoms with E-state index in [0.29, 0.717) is 6.54 Å². The molecule has 0 saturated heterocycles. The molecule has 0 radical (unpaired) electrons. The van der Waals surface area contributed by atoms with Crippen LogP contribution in [0.4, 0.5) is 4.39 Å². The number of hydrogen-bond donors (Lipinski definition) is 1. The summed E-state index contributed by atoms with van der Waals surface area (Å²) in [6, 6.07) is 5.78. The average molecular weight is 349 g/mol. The van der Waals surface area contributed by atoms with Crippen molar-refractivity contribution in [3.05, 3.63) is 35.6 Å². The van der Waals surface area contributed by atoms with Crippen molar-refractivity contribution in [3.8, 4) is 0 Å². The van der Waals surface area contributed by atoms with Gasteiger partial charge in [-0.25, -0.2) is 4.39 Å². The molecule has 140 valence electrons. The van der Waals surface area contributed by atoms with Crippen molar-refractivity contribution in [1.82, 2.24) is 15.1 Å². The third-order valence-electron chi connectivity index (χ3n) is 5.53. The Labute approximate surface area is 151 Å². The van der Waals surface area contributed by atoms with Crippen LogP contribution in [-0.4, -0.2) is 56.0 Å². The zero-order valence-electron chi connectivity index (χ0n) is 16.0. The van der Waals surface area contributed by atoms with E-state index < -0.39 is 6.04 Å². The number of likely N-dealkylation sites (N-methyl/N-ethyl adjacent to an activating group) is 2. The lowest BCUT2D eigenvalue weighted by atomic mass is 9.88. The van der Waals surface area contributed by atoms with Gasteiger partial charge in [0.25, 0.3) is 0 Å². The molecule has 5 heteroatoms. The Balaban J connectivity index is 2.10. The van der Waals surface area contributed by atoms with Crippen LogP contribution in [0.5, 0.6) is 0 Å². The van der Waals surface area contributed by atoms with Gasteiger partial charge in [-0.1, -0.05) is 37.8 Å². The first-order chi connectivity index (χ1) is 11.9. The van der Waals surface area contributed by atoms with Gasteiger partial charge in [0.2, 0.25) is 5.91 Å². The fourth-order valence-electron chi connectivity index (χ4n) is 3.85. The molecule has 2 rings (SSSR count). The van der Waals surface area contributed by atoms with E-state index in [4.69, 9.17) is 0 Å². The van der Waals surface area contributed by atoms with E-state index in [9.17, 15) is 9.18 Å². The largest absolute Gasteiger partial charge is 0.353 e. The molecule has 0 unspecified atom stereocenters. The molecule has 0 aliphatic heterocycles. The summed E-state index contributed by atoms with van der Waals surface area (Å²) < 4.78 is 13.2. The second-order valence-electron chi connectivity index (χ2n) is 7.67. The standard InChI is InChI=1S/C20H32FN3O/c1-23(2)18(16-9-11-17(21)12-10-16)19(25)22-15-20(24(3)4)13-7-5-6-8-14-20/h9-12,18H,5-8,13-15H2,1-4H3,(H,22,25)/t18-/m0/s1. The van der Waals surface area contributed by atoms with Crippen molar-refractivity contribution in [3.63, 3.8) is 0 Å². The van der Waals surface area contributed by atoms with Crippen LogP contribution in [0.3, 0.4) is 0 Å². The fraction of sp³-hybridized carbons (Fsp3) is 0.650. The lowest BCUT2D eigenvalue weighted by Gasteiger charge is -2.40. The topological polar surface area (TPSA) is 35.6 Å². The SMILES string of the molecule is CN(C)[C@H](C(=O)NCC1(N(C)C)CCCCCC1)c1ccc(F)cc1. The molecule has 1 fully saturated rings. The minimum absolute atomic E-state index is 0.0259. The highest BCUT2D eigenvalue weighted by Crippen LogP contribution is 2.31. The maximum absolute atomic E-state index is 13.2. The Morgan fingerprint density at radius 2 is 1.64 bits per heavy atom. The maximum atomic E-state index is 13.2. The summed E-state index contributed by atoms with van der Waals surface area (Å²) >= 11 is 0. The third-order valence-corrected chi connectivity index (χ3v) is 5.53. The van der Waals surface area contributed by atoms with E-state index in [1.165, 1.54) is 37.8 Å². The van der Waals surface area contributed by atoms with Gasteiger partial charge in [-0.15, -0.1) is 0 Å². The van der Waals surface area contributed by atoms with Gasteiger partial charge in [0, 0.05) is 12.1 Å². The zero-order chi connectivity index (χ0) is 18.4. The molecule has 25 heavy (non-hydrogen) atoms. The molecule has 1 N–H and O–H groups in total. The normalized spacial score (nSPS) is 18.8. The monoisotopic (exact) mass is 349 g/mol. The first-order valence-corrected chi connectivity index (χ1v) is 9.23. The van der Waals surface area contributed by atoms with Gasteiger partial charge in [0.05, 0.1) is 0 Å². The van der Waals surface area contributed by atoms with Crippen LogP contribution in [-0.2, 0) is 4.79 Å². The molecule has 0 spiro atoms. The van der Waals surface area contributed by atoms with Crippen molar-refractivity contribution < 1.29 is 9.18 Å². The molecular formula is C20H32FN3O. The number of halogens is 1. The van der Waals surface area contributed by atoms with Gasteiger partial charge in [0.15, 0.2) is 0 Å². The van der Waals surface area contributed by atoms with Crippen LogP contribution in [0.2, 0.25) is 0 Å². The van der Waals surface area contributed by atoms with Crippen molar-refractivity contribution in [2.75, 3.05) is 34.7 Å². The molecule has 1 aromatic carbocycles. The molecule has 4 nitrogen and oxygen atoms in total. The number of carbonyl (C=O) groups excluding carboxylic acids is 1. The Bertz CT molecular complexity index is 549. The summed E-state index contributed by atoms with van der Waals surface area (Å²) in [6.45, 7) is 0.657. The van der Waals surface area contributed by atoms with Crippen molar-refractivity contribution in [1.29, 1.82) is 0 Å². The van der Waals surface area contributed by atoms with E-state index in [1.807, 2.05) is 19.0 Å². The second kappa shape index (κ2) is 8.77. The summed E-state index contributed by atoms with van der Waals surface area (Å²) in [5.41, 5.74) is 0.843. The smallest absolute Gasteiger partial charge is 0.242 e. The molecule has 1 amide bonds. The Morgan fingerprint density at radius 3 is 2.12 bits per heavy atom. The molecular weight excluding hydrogens is 317 g/mol. The molecule has 1 saturated carbocycles. The number of nitrogens with one attached hydrogen (secondary N) is 1. The molecule has 1 atom stereocenters. The zero-order valence-corrected chi connectivity index (χ0v) is 16.0. The minimum Gasteiger partial charge on any atom is -0.353 e. The number of rotatable bonds is 6. The number of hydrogen-bond acceptors (Lipinski definition) is 3. The lowest BCUT2D eigenvalue weighted by molar-refractivity contribution is -0.126. The van der Waals surface area contributed by atoms with Gasteiger partial charge in [-0.2, -0.15) is 0 Å². The molecule has 1 aliphatic rings. The van der Waals surface area contributed by atoms with E-state index >= 15 is 0 Å². The highest BCUT2D eigenvalue weighted by Gasteiger charge is 2.34. The summed E-state index contributed by atoms with van der Waals surface area (Å²) in [7, 11) is 7.98. The average Bonchev–Trinajstić information content (AvgIpc) is 2.81. The third kappa shape index (κ3) is 5.02. The number of nitrogens with zero attached hydrogens (tertiary/aromatic N) is 2. The van der Waals surface area contributed by atoms with Crippen LogP contribution >= 0.6 is 0 Å².